The van der Waals surface area contributed by atoms with Crippen molar-refractivity contribution in [3.05, 3.63) is 35.9 Å². The van der Waals surface area contributed by atoms with Gasteiger partial charge in [-0.15, -0.1) is 0 Å². The highest BCUT2D eigenvalue weighted by molar-refractivity contribution is 5.73. The van der Waals surface area contributed by atoms with Crippen molar-refractivity contribution in [3.63, 3.8) is 0 Å². The van der Waals surface area contributed by atoms with Crippen LogP contribution in [0, 0.1) is 0 Å². The zero-order valence-corrected chi connectivity index (χ0v) is 8.76. The van der Waals surface area contributed by atoms with Gasteiger partial charge in [-0.1, -0.05) is 30.3 Å². The Labute approximate surface area is 89.3 Å². The first-order valence-electron chi connectivity index (χ1n) is 5.20. The van der Waals surface area contributed by atoms with Crippen LogP contribution in [0.5, 0.6) is 0 Å². The number of likely N-dealkylation sites (N-methyl/N-ethyl adjacent to an activating group) is 1. The number of likely N-dealkylation sites (tertiary alicyclic amines) is 1. The Morgan fingerprint density at radius 2 is 2.00 bits per heavy atom. The molecule has 3 heteroatoms. The molecular formula is C12H15NO2. The van der Waals surface area contributed by atoms with Gasteiger partial charge in [0.1, 0.15) is 6.04 Å². The van der Waals surface area contributed by atoms with Crippen molar-refractivity contribution in [1.29, 1.82) is 0 Å². The minimum absolute atomic E-state index is 0.257. The van der Waals surface area contributed by atoms with Crippen LogP contribution < -0.4 is 0 Å². The SMILES string of the molecule is CN1C(C(=O)O)CCC1c1ccccc1. The van der Waals surface area contributed by atoms with E-state index in [0.717, 1.165) is 12.8 Å². The number of aliphatic carboxylic acids is 1. The van der Waals surface area contributed by atoms with Crippen LogP contribution >= 0.6 is 0 Å². The summed E-state index contributed by atoms with van der Waals surface area (Å²) in [5.74, 6) is -0.712. The van der Waals surface area contributed by atoms with Gasteiger partial charge in [0, 0.05) is 6.04 Å². The van der Waals surface area contributed by atoms with Crippen LogP contribution in [-0.4, -0.2) is 29.1 Å². The first kappa shape index (κ1) is 10.2. The highest BCUT2D eigenvalue weighted by Gasteiger charge is 2.35. The predicted octanol–water partition coefficient (Wildman–Crippen LogP) is 1.91. The molecule has 0 aliphatic carbocycles. The number of carbonyl (C=O) groups is 1. The van der Waals surface area contributed by atoms with Gasteiger partial charge in [-0.25, -0.2) is 0 Å². The van der Waals surface area contributed by atoms with Gasteiger partial charge in [0.25, 0.3) is 0 Å². The van der Waals surface area contributed by atoms with Crippen LogP contribution in [0.2, 0.25) is 0 Å². The van der Waals surface area contributed by atoms with Gasteiger partial charge in [0.2, 0.25) is 0 Å². The number of carboxylic acids is 1. The first-order valence-corrected chi connectivity index (χ1v) is 5.20. The molecule has 1 heterocycles. The molecule has 0 spiro atoms. The quantitative estimate of drug-likeness (QED) is 0.801. The number of rotatable bonds is 2. The van der Waals surface area contributed by atoms with Crippen LogP contribution in [-0.2, 0) is 4.79 Å². The maximum Gasteiger partial charge on any atom is 0.320 e. The summed E-state index contributed by atoms with van der Waals surface area (Å²) >= 11 is 0. The van der Waals surface area contributed by atoms with Gasteiger partial charge in [0.15, 0.2) is 0 Å². The molecule has 15 heavy (non-hydrogen) atoms. The minimum atomic E-state index is -0.712. The zero-order valence-electron chi connectivity index (χ0n) is 8.76. The van der Waals surface area contributed by atoms with E-state index in [9.17, 15) is 4.79 Å². The molecule has 0 saturated carbocycles. The van der Waals surface area contributed by atoms with Gasteiger partial charge in [-0.05, 0) is 25.5 Å². The fourth-order valence-electron chi connectivity index (χ4n) is 2.31. The van der Waals surface area contributed by atoms with Crippen LogP contribution in [0.4, 0.5) is 0 Å². The summed E-state index contributed by atoms with van der Waals surface area (Å²) in [5, 5.41) is 9.01. The van der Waals surface area contributed by atoms with Crippen LogP contribution in [0.1, 0.15) is 24.4 Å². The maximum atomic E-state index is 10.9. The molecule has 1 aliphatic heterocycles. The van der Waals surface area contributed by atoms with E-state index in [1.165, 1.54) is 5.56 Å². The maximum absolute atomic E-state index is 10.9. The van der Waals surface area contributed by atoms with E-state index in [1.807, 2.05) is 30.1 Å². The Bertz CT molecular complexity index is 350. The fraction of sp³-hybridized carbons (Fsp3) is 0.417. The smallest absolute Gasteiger partial charge is 0.320 e. The lowest BCUT2D eigenvalue weighted by atomic mass is 10.1. The lowest BCUT2D eigenvalue weighted by molar-refractivity contribution is -0.142. The molecule has 2 unspecified atom stereocenters. The van der Waals surface area contributed by atoms with Crippen molar-refractivity contribution in [2.24, 2.45) is 0 Å². The second-order valence-corrected chi connectivity index (χ2v) is 4.02. The summed E-state index contributed by atoms with van der Waals surface area (Å²) in [6.07, 6.45) is 1.67. The first-order chi connectivity index (χ1) is 7.20. The second kappa shape index (κ2) is 4.03. The van der Waals surface area contributed by atoms with Crippen molar-refractivity contribution in [1.82, 2.24) is 4.90 Å². The molecule has 0 amide bonds. The molecule has 1 N–H and O–H groups in total. The highest BCUT2D eigenvalue weighted by atomic mass is 16.4. The largest absolute Gasteiger partial charge is 0.480 e. The summed E-state index contributed by atoms with van der Waals surface area (Å²) in [6, 6.07) is 10.0. The highest BCUT2D eigenvalue weighted by Crippen LogP contribution is 2.34. The normalized spacial score (nSPS) is 26.7. The predicted molar refractivity (Wildman–Crippen MR) is 57.6 cm³/mol. The average Bonchev–Trinajstić information content (AvgIpc) is 2.61. The Morgan fingerprint density at radius 1 is 1.33 bits per heavy atom. The van der Waals surface area contributed by atoms with Crippen LogP contribution in [0.15, 0.2) is 30.3 Å². The van der Waals surface area contributed by atoms with Crippen molar-refractivity contribution >= 4 is 5.97 Å². The van der Waals surface area contributed by atoms with Crippen LogP contribution in [0.3, 0.4) is 0 Å². The molecule has 3 nitrogen and oxygen atoms in total. The minimum Gasteiger partial charge on any atom is -0.480 e. The third-order valence-corrected chi connectivity index (χ3v) is 3.17. The summed E-state index contributed by atoms with van der Waals surface area (Å²) in [4.78, 5) is 12.9. The average molecular weight is 205 g/mol. The molecule has 80 valence electrons. The van der Waals surface area contributed by atoms with E-state index in [2.05, 4.69) is 12.1 Å². The van der Waals surface area contributed by atoms with E-state index in [4.69, 9.17) is 5.11 Å². The monoisotopic (exact) mass is 205 g/mol. The Balaban J connectivity index is 2.17. The van der Waals surface area contributed by atoms with Gasteiger partial charge in [0.05, 0.1) is 0 Å². The number of hydrogen-bond donors (Lipinski definition) is 1. The van der Waals surface area contributed by atoms with Crippen molar-refractivity contribution < 1.29 is 9.90 Å². The number of hydrogen-bond acceptors (Lipinski definition) is 2. The van der Waals surface area contributed by atoms with E-state index >= 15 is 0 Å². The van der Waals surface area contributed by atoms with E-state index in [-0.39, 0.29) is 12.1 Å². The molecule has 0 bridgehead atoms. The summed E-state index contributed by atoms with van der Waals surface area (Å²) in [5.41, 5.74) is 1.21. The molecule has 0 radical (unpaired) electrons. The van der Waals surface area contributed by atoms with Crippen molar-refractivity contribution in [3.8, 4) is 0 Å². The molecule has 1 aromatic carbocycles. The molecule has 1 fully saturated rings. The topological polar surface area (TPSA) is 40.5 Å². The van der Waals surface area contributed by atoms with Gasteiger partial charge in [-0.2, -0.15) is 0 Å². The molecule has 0 aromatic heterocycles. The molecular weight excluding hydrogens is 190 g/mol. The fourth-order valence-corrected chi connectivity index (χ4v) is 2.31. The Hall–Kier alpha value is -1.35. The molecule has 2 rings (SSSR count). The summed E-state index contributed by atoms with van der Waals surface area (Å²) in [6.45, 7) is 0. The van der Waals surface area contributed by atoms with Gasteiger partial charge < -0.3 is 5.11 Å². The van der Waals surface area contributed by atoms with E-state index in [1.54, 1.807) is 0 Å². The number of nitrogens with zero attached hydrogens (tertiary/aromatic N) is 1. The Morgan fingerprint density at radius 3 is 2.53 bits per heavy atom. The molecule has 1 saturated heterocycles. The van der Waals surface area contributed by atoms with E-state index < -0.39 is 5.97 Å². The molecule has 1 aromatic rings. The van der Waals surface area contributed by atoms with Crippen molar-refractivity contribution in [2.45, 2.75) is 24.9 Å². The zero-order chi connectivity index (χ0) is 10.8. The summed E-state index contributed by atoms with van der Waals surface area (Å²) in [7, 11) is 1.89. The van der Waals surface area contributed by atoms with E-state index in [0.29, 0.717) is 0 Å². The van der Waals surface area contributed by atoms with Crippen molar-refractivity contribution in [2.75, 3.05) is 7.05 Å². The Kier molecular flexibility index (Phi) is 2.73. The third-order valence-electron chi connectivity index (χ3n) is 3.17. The van der Waals surface area contributed by atoms with Crippen LogP contribution in [0.25, 0.3) is 0 Å². The second-order valence-electron chi connectivity index (χ2n) is 4.02. The summed E-state index contributed by atoms with van der Waals surface area (Å²) < 4.78 is 0. The van der Waals surface area contributed by atoms with Gasteiger partial charge >= 0.3 is 5.97 Å². The third kappa shape index (κ3) is 1.88. The number of carboxylic acid groups (broad SMARTS) is 1. The lowest BCUT2D eigenvalue weighted by Crippen LogP contribution is -2.34. The standard InChI is InChI=1S/C12H15NO2/c1-13-10(7-8-11(13)12(14)15)9-5-3-2-4-6-9/h2-6,10-11H,7-8H2,1H3,(H,14,15). The lowest BCUT2D eigenvalue weighted by Gasteiger charge is -2.23. The molecule has 2 atom stereocenters. The number of benzene rings is 1. The molecule has 1 aliphatic rings. The van der Waals surface area contributed by atoms with Gasteiger partial charge in [-0.3, -0.25) is 9.69 Å².